The van der Waals surface area contributed by atoms with E-state index in [4.69, 9.17) is 0 Å². The summed E-state index contributed by atoms with van der Waals surface area (Å²) in [5, 5.41) is 4.48. The molecule has 8 nitrogen and oxygen atoms in total. The number of hydrogen-bond acceptors (Lipinski definition) is 6. The Morgan fingerprint density at radius 2 is 1.89 bits per heavy atom. The largest absolute Gasteiger partial charge is 0.358 e. The van der Waals surface area contributed by atoms with E-state index in [-0.39, 0.29) is 23.3 Å². The lowest BCUT2D eigenvalue weighted by molar-refractivity contribution is -0.119. The van der Waals surface area contributed by atoms with Crippen molar-refractivity contribution < 1.29 is 4.79 Å². The summed E-state index contributed by atoms with van der Waals surface area (Å²) < 4.78 is 1.63. The van der Waals surface area contributed by atoms with Gasteiger partial charge in [0.1, 0.15) is 0 Å². The number of benzene rings is 1. The number of fused-ring (bicyclic) bond motifs is 1. The third-order valence-electron chi connectivity index (χ3n) is 7.99. The molecule has 3 aromatic heterocycles. The number of pyridine rings is 1. The highest BCUT2D eigenvalue weighted by Crippen LogP contribution is 2.39. The van der Waals surface area contributed by atoms with Crippen LogP contribution < -0.4 is 15.8 Å². The van der Waals surface area contributed by atoms with Gasteiger partial charge in [0.15, 0.2) is 11.6 Å². The third-order valence-corrected chi connectivity index (χ3v) is 7.99. The number of H-pyrrole nitrogens is 1. The third kappa shape index (κ3) is 4.81. The molecule has 8 heteroatoms. The number of hydrogen-bond donors (Lipinski definition) is 2. The molecule has 6 rings (SSSR count). The zero-order valence-electron chi connectivity index (χ0n) is 20.9. The molecule has 190 valence electrons. The average Bonchev–Trinajstić information content (AvgIpc) is 3.53. The highest BCUT2D eigenvalue weighted by Gasteiger charge is 2.40. The fourth-order valence-corrected chi connectivity index (χ4v) is 5.87. The van der Waals surface area contributed by atoms with Gasteiger partial charge in [0.05, 0.1) is 18.4 Å². The number of carbonyl (C=O) groups is 1. The SMILES string of the molecule is O=C(CCc1cc2cnccc2[nH]1)Cn1c(-c2ccccc2)cnc(N2CCC3(CCNCC3)C2)c1=O. The Hall–Kier alpha value is -3.78. The lowest BCUT2D eigenvalue weighted by Gasteiger charge is -2.33. The average molecular weight is 497 g/mol. The first-order valence-corrected chi connectivity index (χ1v) is 13.1. The summed E-state index contributed by atoms with van der Waals surface area (Å²) in [6, 6.07) is 13.7. The van der Waals surface area contributed by atoms with E-state index < -0.39 is 0 Å². The predicted octanol–water partition coefficient (Wildman–Crippen LogP) is 3.57. The van der Waals surface area contributed by atoms with Crippen LogP contribution in [0.25, 0.3) is 22.2 Å². The van der Waals surface area contributed by atoms with Gasteiger partial charge in [-0.05, 0) is 61.9 Å². The maximum Gasteiger partial charge on any atom is 0.294 e. The lowest BCUT2D eigenvalue weighted by atomic mass is 9.78. The summed E-state index contributed by atoms with van der Waals surface area (Å²) in [7, 11) is 0. The lowest BCUT2D eigenvalue weighted by Crippen LogP contribution is -2.40. The molecule has 0 atom stereocenters. The van der Waals surface area contributed by atoms with E-state index in [1.54, 1.807) is 17.0 Å². The Balaban J connectivity index is 1.25. The number of carbonyl (C=O) groups excluding carboxylic acids is 1. The first-order valence-electron chi connectivity index (χ1n) is 13.1. The van der Waals surface area contributed by atoms with Gasteiger partial charge < -0.3 is 15.2 Å². The van der Waals surface area contributed by atoms with Crippen molar-refractivity contribution in [2.24, 2.45) is 5.41 Å². The highest BCUT2D eigenvalue weighted by atomic mass is 16.1. The minimum atomic E-state index is -0.183. The number of aromatic amines is 1. The molecule has 1 spiro atoms. The maximum absolute atomic E-state index is 13.8. The van der Waals surface area contributed by atoms with Gasteiger partial charge in [0, 0.05) is 48.5 Å². The molecule has 0 amide bonds. The zero-order chi connectivity index (χ0) is 25.2. The van der Waals surface area contributed by atoms with Gasteiger partial charge in [0.25, 0.3) is 5.56 Å². The number of nitrogens with one attached hydrogen (secondary N) is 2. The van der Waals surface area contributed by atoms with Gasteiger partial charge in [-0.15, -0.1) is 0 Å². The second kappa shape index (κ2) is 9.94. The molecule has 2 fully saturated rings. The van der Waals surface area contributed by atoms with E-state index in [0.29, 0.717) is 24.4 Å². The Bertz CT molecular complexity index is 1440. The smallest absolute Gasteiger partial charge is 0.294 e. The Morgan fingerprint density at radius 3 is 2.70 bits per heavy atom. The van der Waals surface area contributed by atoms with E-state index in [9.17, 15) is 9.59 Å². The van der Waals surface area contributed by atoms with Crippen LogP contribution in [0.4, 0.5) is 5.82 Å². The van der Waals surface area contributed by atoms with E-state index in [1.807, 2.05) is 48.7 Å². The number of anilines is 1. The molecule has 2 N–H and O–H groups in total. The fraction of sp³-hybridized carbons (Fsp3) is 0.379. The van der Waals surface area contributed by atoms with Gasteiger partial charge in [0.2, 0.25) is 0 Å². The van der Waals surface area contributed by atoms with Gasteiger partial charge in [-0.25, -0.2) is 4.98 Å². The van der Waals surface area contributed by atoms with Gasteiger partial charge in [-0.2, -0.15) is 0 Å². The standard InChI is InChI=1S/C29H32N6O2/c36-24(7-6-23-16-22-17-31-12-8-25(22)33-23)19-35-26(21-4-2-1-3-5-21)18-32-27(28(35)37)34-15-11-29(20-34)9-13-30-14-10-29/h1-5,8,12,16-18,30,33H,6-7,9-11,13-15,19-20H2. The quantitative estimate of drug-likeness (QED) is 0.406. The Kier molecular flexibility index (Phi) is 6.34. The van der Waals surface area contributed by atoms with Crippen molar-refractivity contribution in [3.8, 4) is 11.3 Å². The van der Waals surface area contributed by atoms with Crippen LogP contribution in [0.15, 0.2) is 65.8 Å². The number of piperidine rings is 1. The van der Waals surface area contributed by atoms with Gasteiger partial charge in [-0.3, -0.25) is 19.1 Å². The summed E-state index contributed by atoms with van der Waals surface area (Å²) in [6.45, 7) is 3.77. The van der Waals surface area contributed by atoms with Crippen LogP contribution in [-0.4, -0.2) is 51.5 Å². The normalized spacial score (nSPS) is 17.0. The molecule has 2 aliphatic rings. The van der Waals surface area contributed by atoms with E-state index in [2.05, 4.69) is 25.2 Å². The summed E-state index contributed by atoms with van der Waals surface area (Å²) in [5.74, 6) is 0.482. The summed E-state index contributed by atoms with van der Waals surface area (Å²) in [4.78, 5) is 41.3. The minimum Gasteiger partial charge on any atom is -0.358 e. The number of ketones is 1. The predicted molar refractivity (Wildman–Crippen MR) is 145 cm³/mol. The summed E-state index contributed by atoms with van der Waals surface area (Å²) >= 11 is 0. The molecule has 2 saturated heterocycles. The van der Waals surface area contributed by atoms with Crippen LogP contribution >= 0.6 is 0 Å². The van der Waals surface area contributed by atoms with Crippen LogP contribution in [0, 0.1) is 5.41 Å². The summed E-state index contributed by atoms with van der Waals surface area (Å²) in [6.07, 6.45) is 9.59. The Labute approximate surface area is 215 Å². The molecule has 0 aliphatic carbocycles. The van der Waals surface area contributed by atoms with Crippen molar-refractivity contribution in [3.63, 3.8) is 0 Å². The molecule has 0 radical (unpaired) electrons. The Morgan fingerprint density at radius 1 is 1.05 bits per heavy atom. The molecule has 0 bridgehead atoms. The van der Waals surface area contributed by atoms with E-state index in [0.717, 1.165) is 67.6 Å². The maximum atomic E-state index is 13.8. The number of nitrogens with zero attached hydrogens (tertiary/aromatic N) is 4. The molecule has 0 unspecified atom stereocenters. The number of aromatic nitrogens is 4. The number of aryl methyl sites for hydroxylation is 1. The molecule has 4 aromatic rings. The number of Topliss-reactive ketones (excluding diaryl/α,β-unsaturated/α-hetero) is 1. The minimum absolute atomic E-state index is 0.0180. The van der Waals surface area contributed by atoms with Crippen LogP contribution in [-0.2, 0) is 17.8 Å². The molecular formula is C29H32N6O2. The fourth-order valence-electron chi connectivity index (χ4n) is 5.87. The van der Waals surface area contributed by atoms with Gasteiger partial charge >= 0.3 is 0 Å². The molecule has 0 saturated carbocycles. The van der Waals surface area contributed by atoms with Crippen LogP contribution in [0.3, 0.4) is 0 Å². The van der Waals surface area contributed by atoms with Crippen molar-refractivity contribution in [1.82, 2.24) is 24.8 Å². The second-order valence-electron chi connectivity index (χ2n) is 10.4. The molecular weight excluding hydrogens is 464 g/mol. The van der Waals surface area contributed by atoms with Crippen molar-refractivity contribution >= 4 is 22.5 Å². The van der Waals surface area contributed by atoms with E-state index in [1.165, 1.54) is 0 Å². The number of rotatable bonds is 7. The van der Waals surface area contributed by atoms with Crippen molar-refractivity contribution in [2.45, 2.75) is 38.6 Å². The van der Waals surface area contributed by atoms with Crippen LogP contribution in [0.1, 0.15) is 31.4 Å². The molecule has 37 heavy (non-hydrogen) atoms. The zero-order valence-corrected chi connectivity index (χ0v) is 20.9. The van der Waals surface area contributed by atoms with Crippen LogP contribution in [0.2, 0.25) is 0 Å². The van der Waals surface area contributed by atoms with Crippen molar-refractivity contribution in [3.05, 3.63) is 77.1 Å². The summed E-state index contributed by atoms with van der Waals surface area (Å²) in [5.41, 5.74) is 3.63. The first-order chi connectivity index (χ1) is 18.1. The van der Waals surface area contributed by atoms with E-state index >= 15 is 0 Å². The first kappa shape index (κ1) is 23.6. The van der Waals surface area contributed by atoms with Crippen molar-refractivity contribution in [2.75, 3.05) is 31.1 Å². The monoisotopic (exact) mass is 496 g/mol. The molecule has 2 aliphatic heterocycles. The van der Waals surface area contributed by atoms with Gasteiger partial charge in [-0.1, -0.05) is 30.3 Å². The molecule has 1 aromatic carbocycles. The highest BCUT2D eigenvalue weighted by molar-refractivity contribution is 5.81. The van der Waals surface area contributed by atoms with Crippen LogP contribution in [0.5, 0.6) is 0 Å². The topological polar surface area (TPSA) is 95.9 Å². The second-order valence-corrected chi connectivity index (χ2v) is 10.4. The van der Waals surface area contributed by atoms with Crippen molar-refractivity contribution in [1.29, 1.82) is 0 Å². The molecule has 5 heterocycles.